The molecule has 0 amide bonds. The van der Waals surface area contributed by atoms with Crippen LogP contribution in [0.1, 0.15) is 11.1 Å². The molecule has 248 valence electrons. The lowest BCUT2D eigenvalue weighted by Crippen LogP contribution is -2.46. The van der Waals surface area contributed by atoms with Crippen molar-refractivity contribution in [1.82, 2.24) is 14.9 Å². The number of ketones is 2. The molecule has 6 rings (SSSR count). The normalized spacial score (nSPS) is 15.1. The van der Waals surface area contributed by atoms with E-state index in [0.29, 0.717) is 52.9 Å². The van der Waals surface area contributed by atoms with Crippen LogP contribution in [0.25, 0.3) is 16.5 Å². The Kier molecular flexibility index (Phi) is 9.98. The van der Waals surface area contributed by atoms with Gasteiger partial charge in [0.25, 0.3) is 0 Å². The number of nitrogens with one attached hydrogen (secondary N) is 1. The molecule has 1 saturated heterocycles. The van der Waals surface area contributed by atoms with Gasteiger partial charge in [-0.25, -0.2) is 9.97 Å². The first kappa shape index (κ1) is 32.7. The highest BCUT2D eigenvalue weighted by Gasteiger charge is 2.25. The minimum atomic E-state index is -0.212. The van der Waals surface area contributed by atoms with Gasteiger partial charge in [0.1, 0.15) is 18.8 Å². The minimum absolute atomic E-state index is 0.203. The molecule has 1 N–H and O–H groups in total. The van der Waals surface area contributed by atoms with Gasteiger partial charge in [-0.1, -0.05) is 12.1 Å². The maximum absolute atomic E-state index is 13.1. The average Bonchev–Trinajstić information content (AvgIpc) is 3.10. The highest BCUT2D eigenvalue weighted by atomic mass is 16.5. The predicted molar refractivity (Wildman–Crippen MR) is 189 cm³/mol. The zero-order valence-corrected chi connectivity index (χ0v) is 27.7. The lowest BCUT2D eigenvalue weighted by Gasteiger charge is -2.37. The molecular formula is C37H40N6O5. The Morgan fingerprint density at radius 2 is 1.67 bits per heavy atom. The molecule has 0 unspecified atom stereocenters. The molecule has 11 heteroatoms. The molecule has 1 aliphatic carbocycles. The quantitative estimate of drug-likeness (QED) is 0.168. The smallest absolute Gasteiger partial charge is 0.186 e. The van der Waals surface area contributed by atoms with Gasteiger partial charge < -0.3 is 29.3 Å². The van der Waals surface area contributed by atoms with Crippen LogP contribution in [0.3, 0.4) is 0 Å². The van der Waals surface area contributed by atoms with Crippen molar-refractivity contribution in [3.8, 4) is 11.5 Å². The topological polar surface area (TPSA) is 109 Å². The van der Waals surface area contributed by atoms with E-state index < -0.39 is 0 Å². The summed E-state index contributed by atoms with van der Waals surface area (Å²) in [5.41, 5.74) is 5.81. The van der Waals surface area contributed by atoms with Crippen molar-refractivity contribution in [2.75, 3.05) is 82.8 Å². The Morgan fingerprint density at radius 3 is 2.40 bits per heavy atom. The fourth-order valence-electron chi connectivity index (χ4n) is 5.94. The third-order valence-electron chi connectivity index (χ3n) is 8.54. The summed E-state index contributed by atoms with van der Waals surface area (Å²) in [4.78, 5) is 41.4. The van der Waals surface area contributed by atoms with Crippen LogP contribution in [0.2, 0.25) is 0 Å². The van der Waals surface area contributed by atoms with Gasteiger partial charge in [-0.3, -0.25) is 14.5 Å². The van der Waals surface area contributed by atoms with Crippen LogP contribution >= 0.6 is 0 Å². The number of hydrogen-bond donors (Lipinski definition) is 1. The number of anilines is 4. The first-order valence-electron chi connectivity index (χ1n) is 15.9. The average molecular weight is 649 g/mol. The molecule has 0 atom stereocenters. The van der Waals surface area contributed by atoms with E-state index in [-0.39, 0.29) is 11.6 Å². The number of rotatable bonds is 12. The van der Waals surface area contributed by atoms with Gasteiger partial charge in [-0.15, -0.1) is 0 Å². The largest absolute Gasteiger partial charge is 0.493 e. The standard InChI is InChI=1S/C37H40N6O5/c1-41(2)27-8-5-25(6-9-27)23-42-13-15-43(16-14-42)33-11-7-26(19-29(33)30-20-28(44)10-12-34(30)45)40-37-31-21-35(47-4)36(48-18-17-46-3)22-32(31)38-24-39-37/h5-12,19-22,24H,13-18,23H2,1-4H3,(H,38,39,40). The van der Waals surface area contributed by atoms with Crippen molar-refractivity contribution >= 4 is 50.9 Å². The molecule has 2 aliphatic rings. The number of hydrogen-bond acceptors (Lipinski definition) is 11. The van der Waals surface area contributed by atoms with Gasteiger partial charge in [0.15, 0.2) is 23.1 Å². The fourth-order valence-corrected chi connectivity index (χ4v) is 5.94. The van der Waals surface area contributed by atoms with Crippen LogP contribution in [0.4, 0.5) is 22.9 Å². The number of benzene rings is 3. The van der Waals surface area contributed by atoms with Gasteiger partial charge >= 0.3 is 0 Å². The maximum atomic E-state index is 13.1. The summed E-state index contributed by atoms with van der Waals surface area (Å²) in [6.07, 6.45) is 5.56. The van der Waals surface area contributed by atoms with Crippen LogP contribution in [-0.4, -0.2) is 94.1 Å². The molecule has 2 heterocycles. The van der Waals surface area contributed by atoms with Crippen molar-refractivity contribution in [1.29, 1.82) is 0 Å². The molecule has 1 fully saturated rings. The van der Waals surface area contributed by atoms with Gasteiger partial charge in [-0.05, 0) is 60.2 Å². The molecule has 48 heavy (non-hydrogen) atoms. The van der Waals surface area contributed by atoms with E-state index >= 15 is 0 Å². The number of carbonyl (C=O) groups is 2. The van der Waals surface area contributed by atoms with E-state index in [9.17, 15) is 9.59 Å². The molecule has 11 nitrogen and oxygen atoms in total. The van der Waals surface area contributed by atoms with Crippen molar-refractivity contribution < 1.29 is 23.8 Å². The molecule has 0 spiro atoms. The highest BCUT2D eigenvalue weighted by Crippen LogP contribution is 2.37. The number of aromatic nitrogens is 2. The monoisotopic (exact) mass is 648 g/mol. The summed E-state index contributed by atoms with van der Waals surface area (Å²) in [5.74, 6) is 1.25. The van der Waals surface area contributed by atoms with E-state index in [4.69, 9.17) is 14.2 Å². The van der Waals surface area contributed by atoms with Gasteiger partial charge in [0, 0.05) is 93.6 Å². The summed E-state index contributed by atoms with van der Waals surface area (Å²) >= 11 is 0. The van der Waals surface area contributed by atoms with Gasteiger partial charge in [0.2, 0.25) is 0 Å². The SMILES string of the molecule is COCCOc1cc2ncnc(Nc3ccc(N4CCN(Cc5ccc(N(C)C)cc5)CC4)c(C4=CC(=O)C=CC4=O)c3)c2cc1OC. The van der Waals surface area contributed by atoms with E-state index in [1.807, 2.05) is 44.4 Å². The summed E-state index contributed by atoms with van der Waals surface area (Å²) in [5, 5.41) is 4.15. The number of piperazine rings is 1. The van der Waals surface area contributed by atoms with Gasteiger partial charge in [-0.2, -0.15) is 0 Å². The summed E-state index contributed by atoms with van der Waals surface area (Å²) < 4.78 is 16.6. The third-order valence-corrected chi connectivity index (χ3v) is 8.54. The zero-order chi connectivity index (χ0) is 33.6. The van der Waals surface area contributed by atoms with Crippen LogP contribution in [0.15, 0.2) is 79.2 Å². The molecule has 4 aromatic rings. The minimum Gasteiger partial charge on any atom is -0.493 e. The Balaban J connectivity index is 1.26. The second-order valence-electron chi connectivity index (χ2n) is 11.9. The van der Waals surface area contributed by atoms with E-state index in [0.717, 1.165) is 43.8 Å². The number of ether oxygens (including phenoxy) is 3. The lowest BCUT2D eigenvalue weighted by molar-refractivity contribution is -0.113. The third kappa shape index (κ3) is 7.32. The molecule has 0 bridgehead atoms. The highest BCUT2D eigenvalue weighted by molar-refractivity contribution is 6.34. The summed E-state index contributed by atoms with van der Waals surface area (Å²) in [7, 11) is 7.29. The van der Waals surface area contributed by atoms with Crippen LogP contribution in [-0.2, 0) is 20.9 Å². The molecule has 0 saturated carbocycles. The molecule has 1 aromatic heterocycles. The lowest BCUT2D eigenvalue weighted by atomic mass is 9.93. The maximum Gasteiger partial charge on any atom is 0.186 e. The van der Waals surface area contributed by atoms with E-state index in [1.54, 1.807) is 14.2 Å². The van der Waals surface area contributed by atoms with Crippen LogP contribution in [0.5, 0.6) is 11.5 Å². The molecule has 0 radical (unpaired) electrons. The summed E-state index contributed by atoms with van der Waals surface area (Å²) in [6.45, 7) is 4.99. The number of nitrogens with zero attached hydrogens (tertiary/aromatic N) is 5. The Hall–Kier alpha value is -5.26. The number of allylic oxidation sites excluding steroid dienone is 4. The number of fused-ring (bicyclic) bond motifs is 1. The van der Waals surface area contributed by atoms with Crippen LogP contribution in [0, 0.1) is 0 Å². The van der Waals surface area contributed by atoms with Crippen LogP contribution < -0.4 is 24.6 Å². The first-order valence-corrected chi connectivity index (χ1v) is 15.9. The summed E-state index contributed by atoms with van der Waals surface area (Å²) in [6, 6.07) is 18.2. The number of methoxy groups -OCH3 is 2. The van der Waals surface area contributed by atoms with Crippen molar-refractivity contribution in [3.05, 3.63) is 90.3 Å². The molecule has 1 aliphatic heterocycles. The Morgan fingerprint density at radius 1 is 0.875 bits per heavy atom. The zero-order valence-electron chi connectivity index (χ0n) is 27.7. The Labute approximate surface area is 280 Å². The molecule has 3 aromatic carbocycles. The predicted octanol–water partition coefficient (Wildman–Crippen LogP) is 4.89. The number of carbonyl (C=O) groups excluding carboxylic acids is 2. The van der Waals surface area contributed by atoms with Crippen molar-refractivity contribution in [3.63, 3.8) is 0 Å². The van der Waals surface area contributed by atoms with Gasteiger partial charge in [0.05, 0.1) is 19.2 Å². The first-order chi connectivity index (χ1) is 23.3. The second kappa shape index (κ2) is 14.7. The Bertz CT molecular complexity index is 1860. The van der Waals surface area contributed by atoms with Crippen molar-refractivity contribution in [2.24, 2.45) is 0 Å². The second-order valence-corrected chi connectivity index (χ2v) is 11.9. The fraction of sp³-hybridized carbons (Fsp3) is 0.297. The van der Waals surface area contributed by atoms with E-state index in [2.05, 4.69) is 54.2 Å². The molecular weight excluding hydrogens is 608 g/mol. The van der Waals surface area contributed by atoms with E-state index in [1.165, 1.54) is 35.8 Å². The van der Waals surface area contributed by atoms with Crippen molar-refractivity contribution in [2.45, 2.75) is 6.54 Å².